The number of halogens is 1. The van der Waals surface area contributed by atoms with Crippen LogP contribution in [0.25, 0.3) is 0 Å². The van der Waals surface area contributed by atoms with Crippen LogP contribution in [-0.2, 0) is 4.79 Å². The minimum Gasteiger partial charge on any atom is -0.479 e. The van der Waals surface area contributed by atoms with E-state index in [9.17, 15) is 19.1 Å². The van der Waals surface area contributed by atoms with Gasteiger partial charge in [-0.25, -0.2) is 14.0 Å². The van der Waals surface area contributed by atoms with Crippen LogP contribution in [0.1, 0.15) is 27.2 Å². The number of carbonyl (C=O) groups is 2. The van der Waals surface area contributed by atoms with Crippen molar-refractivity contribution in [2.75, 3.05) is 6.54 Å². The molecule has 0 bridgehead atoms. The van der Waals surface area contributed by atoms with Gasteiger partial charge in [0.25, 0.3) is 0 Å². The molecule has 16 heavy (non-hydrogen) atoms. The maximum atomic E-state index is 13.4. The van der Waals surface area contributed by atoms with Gasteiger partial charge in [-0.15, -0.1) is 0 Å². The normalized spacial score (nSPS) is 30.5. The van der Waals surface area contributed by atoms with Gasteiger partial charge in [-0.05, 0) is 5.41 Å². The highest BCUT2D eigenvalue weighted by Crippen LogP contribution is 2.44. The van der Waals surface area contributed by atoms with E-state index in [2.05, 4.69) is 0 Å². The first kappa shape index (κ1) is 12.7. The van der Waals surface area contributed by atoms with Crippen molar-refractivity contribution in [3.63, 3.8) is 0 Å². The van der Waals surface area contributed by atoms with E-state index in [4.69, 9.17) is 5.11 Å². The zero-order chi connectivity index (χ0) is 12.7. The van der Waals surface area contributed by atoms with Gasteiger partial charge in [-0.1, -0.05) is 20.8 Å². The first-order valence-electron chi connectivity index (χ1n) is 5.01. The molecule has 1 rings (SSSR count). The summed E-state index contributed by atoms with van der Waals surface area (Å²) in [5, 5.41) is 18.2. The number of aliphatic carboxylic acids is 1. The average Bonchev–Trinajstić information content (AvgIpc) is 2.42. The molecule has 1 fully saturated rings. The Hall–Kier alpha value is -1.33. The summed E-state index contributed by atoms with van der Waals surface area (Å²) < 4.78 is 13.4. The van der Waals surface area contributed by atoms with Crippen LogP contribution in [0.4, 0.5) is 9.18 Å². The molecule has 1 aliphatic rings. The smallest absolute Gasteiger partial charge is 0.408 e. The summed E-state index contributed by atoms with van der Waals surface area (Å²) in [6.07, 6.45) is -3.11. The van der Waals surface area contributed by atoms with Crippen LogP contribution in [0.2, 0.25) is 0 Å². The Labute approximate surface area is 92.9 Å². The number of nitrogens with zero attached hydrogens (tertiary/aromatic N) is 1. The summed E-state index contributed by atoms with van der Waals surface area (Å²) in [4.78, 5) is 23.1. The molecule has 0 radical (unpaired) electrons. The zero-order valence-electron chi connectivity index (χ0n) is 9.53. The third-order valence-corrected chi connectivity index (χ3v) is 3.18. The van der Waals surface area contributed by atoms with Crippen LogP contribution >= 0.6 is 0 Å². The monoisotopic (exact) mass is 233 g/mol. The van der Waals surface area contributed by atoms with E-state index in [0.717, 1.165) is 0 Å². The lowest BCUT2D eigenvalue weighted by molar-refractivity contribution is -0.155. The predicted octanol–water partition coefficient (Wildman–Crippen LogP) is 1.58. The number of alkyl halides is 1. The van der Waals surface area contributed by atoms with E-state index >= 15 is 0 Å². The van der Waals surface area contributed by atoms with Gasteiger partial charge >= 0.3 is 12.1 Å². The van der Waals surface area contributed by atoms with Crippen molar-refractivity contribution in [2.24, 2.45) is 5.41 Å². The van der Waals surface area contributed by atoms with E-state index in [1.54, 1.807) is 20.8 Å². The van der Waals surface area contributed by atoms with Crippen molar-refractivity contribution in [3.8, 4) is 0 Å². The molecule has 6 heteroatoms. The van der Waals surface area contributed by atoms with Crippen molar-refractivity contribution < 1.29 is 24.2 Å². The third-order valence-electron chi connectivity index (χ3n) is 3.18. The fourth-order valence-corrected chi connectivity index (χ4v) is 2.33. The van der Waals surface area contributed by atoms with Crippen LogP contribution in [0.3, 0.4) is 0 Å². The van der Waals surface area contributed by atoms with E-state index < -0.39 is 29.2 Å². The number of carboxylic acids is 1. The first-order chi connectivity index (χ1) is 7.13. The molecule has 1 heterocycles. The molecule has 0 spiro atoms. The molecule has 0 saturated carbocycles. The second kappa shape index (κ2) is 3.61. The van der Waals surface area contributed by atoms with Gasteiger partial charge in [-0.3, -0.25) is 4.90 Å². The molecule has 0 aromatic heterocycles. The second-order valence-electron chi connectivity index (χ2n) is 5.11. The van der Waals surface area contributed by atoms with Gasteiger partial charge in [0.2, 0.25) is 0 Å². The molecule has 1 aliphatic heterocycles. The summed E-state index contributed by atoms with van der Waals surface area (Å²) in [5.41, 5.74) is -2.55. The fourth-order valence-electron chi connectivity index (χ4n) is 2.33. The largest absolute Gasteiger partial charge is 0.479 e. The Morgan fingerprint density at radius 3 is 2.12 bits per heavy atom. The molecule has 0 aromatic rings. The Kier molecular flexibility index (Phi) is 2.87. The Morgan fingerprint density at radius 1 is 1.38 bits per heavy atom. The fraction of sp³-hybridized carbons (Fsp3) is 0.800. The van der Waals surface area contributed by atoms with Gasteiger partial charge in [0, 0.05) is 6.42 Å². The molecule has 2 N–H and O–H groups in total. The highest BCUT2D eigenvalue weighted by molar-refractivity contribution is 5.85. The number of carboxylic acid groups (broad SMARTS) is 2. The number of amides is 1. The Bertz CT molecular complexity index is 325. The third kappa shape index (κ3) is 1.62. The molecular formula is C10H16FNO4. The Morgan fingerprint density at radius 2 is 1.88 bits per heavy atom. The minimum absolute atomic E-state index is 0.294. The van der Waals surface area contributed by atoms with Crippen molar-refractivity contribution in [3.05, 3.63) is 0 Å². The molecule has 5 nitrogen and oxygen atoms in total. The zero-order valence-corrected chi connectivity index (χ0v) is 9.53. The van der Waals surface area contributed by atoms with Crippen LogP contribution in [-0.4, -0.2) is 45.4 Å². The van der Waals surface area contributed by atoms with Gasteiger partial charge in [0.15, 0.2) is 5.54 Å². The van der Waals surface area contributed by atoms with Crippen LogP contribution in [0, 0.1) is 5.41 Å². The molecular weight excluding hydrogens is 217 g/mol. The van der Waals surface area contributed by atoms with Crippen molar-refractivity contribution >= 4 is 12.1 Å². The van der Waals surface area contributed by atoms with E-state index in [0.29, 0.717) is 4.90 Å². The Balaban J connectivity index is 3.29. The lowest BCUT2D eigenvalue weighted by atomic mass is 9.71. The van der Waals surface area contributed by atoms with Crippen molar-refractivity contribution in [2.45, 2.75) is 38.9 Å². The van der Waals surface area contributed by atoms with Gasteiger partial charge in [0.05, 0.1) is 6.54 Å². The summed E-state index contributed by atoms with van der Waals surface area (Å²) in [5.74, 6) is -1.29. The SMILES string of the molecule is CC(C)(C)[C@@]1(C(=O)O)CC(F)CN1C(=O)O. The van der Waals surface area contributed by atoms with Crippen molar-refractivity contribution in [1.82, 2.24) is 4.90 Å². The standard InChI is InChI=1S/C10H16FNO4/c1-9(2,3)10(7(13)14)4-6(11)5-12(10)8(15)16/h6H,4-5H2,1-3H3,(H,13,14)(H,15,16)/t6?,10-/m0/s1. The molecule has 2 atom stereocenters. The lowest BCUT2D eigenvalue weighted by Gasteiger charge is -2.42. The van der Waals surface area contributed by atoms with Gasteiger partial charge in [-0.2, -0.15) is 0 Å². The lowest BCUT2D eigenvalue weighted by Crippen LogP contribution is -2.60. The van der Waals surface area contributed by atoms with Gasteiger partial charge in [0.1, 0.15) is 6.17 Å². The number of likely N-dealkylation sites (tertiary alicyclic amines) is 1. The van der Waals surface area contributed by atoms with Gasteiger partial charge < -0.3 is 10.2 Å². The highest BCUT2D eigenvalue weighted by Gasteiger charge is 2.60. The predicted molar refractivity (Wildman–Crippen MR) is 54.1 cm³/mol. The average molecular weight is 233 g/mol. The quantitative estimate of drug-likeness (QED) is 0.720. The highest BCUT2D eigenvalue weighted by atomic mass is 19.1. The van der Waals surface area contributed by atoms with Crippen molar-refractivity contribution in [1.29, 1.82) is 0 Å². The maximum absolute atomic E-state index is 13.4. The topological polar surface area (TPSA) is 77.8 Å². The van der Waals surface area contributed by atoms with Crippen LogP contribution in [0.15, 0.2) is 0 Å². The van der Waals surface area contributed by atoms with Crippen LogP contribution < -0.4 is 0 Å². The summed E-state index contributed by atoms with van der Waals surface area (Å²) in [6.45, 7) is 4.44. The molecule has 0 aromatic carbocycles. The molecule has 92 valence electrons. The first-order valence-corrected chi connectivity index (χ1v) is 5.01. The summed E-state index contributed by atoms with van der Waals surface area (Å²) in [6, 6.07) is 0. The number of hydrogen-bond acceptors (Lipinski definition) is 2. The molecule has 1 amide bonds. The van der Waals surface area contributed by atoms with E-state index in [-0.39, 0.29) is 13.0 Å². The number of hydrogen-bond donors (Lipinski definition) is 2. The summed E-state index contributed by atoms with van der Waals surface area (Å²) >= 11 is 0. The molecule has 0 aliphatic carbocycles. The molecule has 1 unspecified atom stereocenters. The molecule has 1 saturated heterocycles. The number of rotatable bonds is 1. The second-order valence-corrected chi connectivity index (χ2v) is 5.11. The van der Waals surface area contributed by atoms with E-state index in [1.807, 2.05) is 0 Å². The van der Waals surface area contributed by atoms with Crippen LogP contribution in [0.5, 0.6) is 0 Å². The summed E-state index contributed by atoms with van der Waals surface area (Å²) in [7, 11) is 0. The minimum atomic E-state index is -1.68. The maximum Gasteiger partial charge on any atom is 0.408 e. The van der Waals surface area contributed by atoms with E-state index in [1.165, 1.54) is 0 Å².